The first-order chi connectivity index (χ1) is 12.5. The molecule has 140 valence electrons. The van der Waals surface area contributed by atoms with Crippen molar-refractivity contribution in [2.45, 2.75) is 31.1 Å². The highest BCUT2D eigenvalue weighted by molar-refractivity contribution is 6.42. The topological polar surface area (TPSA) is 64.7 Å². The molecule has 4 nitrogen and oxygen atoms in total. The van der Waals surface area contributed by atoms with Crippen LogP contribution in [0.25, 0.3) is 0 Å². The molecule has 0 saturated carbocycles. The zero-order valence-electron chi connectivity index (χ0n) is 14.0. The fourth-order valence-corrected chi connectivity index (χ4v) is 3.20. The Hall–Kier alpha value is -1.37. The summed E-state index contributed by atoms with van der Waals surface area (Å²) in [5, 5.41) is 11.2. The van der Waals surface area contributed by atoms with Gasteiger partial charge in [-0.2, -0.15) is 0 Å². The van der Waals surface area contributed by atoms with Gasteiger partial charge in [-0.1, -0.05) is 29.3 Å². The van der Waals surface area contributed by atoms with Crippen molar-refractivity contribution in [3.05, 3.63) is 63.4 Å². The maximum atomic E-state index is 14.4. The smallest absolute Gasteiger partial charge is 0.132 e. The summed E-state index contributed by atoms with van der Waals surface area (Å²) in [6.45, 7) is 1.12. The Morgan fingerprint density at radius 3 is 2.69 bits per heavy atom. The van der Waals surface area contributed by atoms with Gasteiger partial charge in [-0.05, 0) is 42.7 Å². The van der Waals surface area contributed by atoms with Crippen LogP contribution in [-0.4, -0.2) is 24.4 Å². The molecule has 2 aromatic rings. The van der Waals surface area contributed by atoms with Gasteiger partial charge >= 0.3 is 0 Å². The van der Waals surface area contributed by atoms with E-state index in [9.17, 15) is 9.50 Å². The molecule has 1 heterocycles. The Kier molecular flexibility index (Phi) is 6.37. The van der Waals surface area contributed by atoms with E-state index < -0.39 is 18.0 Å². The molecule has 3 rings (SSSR count). The Bertz CT molecular complexity index is 768. The Morgan fingerprint density at radius 2 is 2.04 bits per heavy atom. The molecule has 1 saturated heterocycles. The first-order valence-electron chi connectivity index (χ1n) is 8.38. The highest BCUT2D eigenvalue weighted by Crippen LogP contribution is 2.33. The minimum Gasteiger partial charge on any atom is -0.491 e. The van der Waals surface area contributed by atoms with Gasteiger partial charge in [0.05, 0.1) is 22.2 Å². The average molecular weight is 400 g/mol. The predicted octanol–water partition coefficient (Wildman–Crippen LogP) is 4.42. The molecule has 0 aliphatic carbocycles. The molecule has 26 heavy (non-hydrogen) atoms. The summed E-state index contributed by atoms with van der Waals surface area (Å²) < 4.78 is 25.5. The van der Waals surface area contributed by atoms with Crippen LogP contribution in [0.5, 0.6) is 5.75 Å². The van der Waals surface area contributed by atoms with Gasteiger partial charge in [-0.15, -0.1) is 0 Å². The molecule has 1 aliphatic heterocycles. The van der Waals surface area contributed by atoms with Crippen molar-refractivity contribution in [2.24, 2.45) is 5.73 Å². The van der Waals surface area contributed by atoms with Gasteiger partial charge in [0.25, 0.3) is 0 Å². The monoisotopic (exact) mass is 399 g/mol. The van der Waals surface area contributed by atoms with Crippen molar-refractivity contribution in [2.75, 3.05) is 13.2 Å². The third-order valence-corrected chi connectivity index (χ3v) is 5.16. The Morgan fingerprint density at radius 1 is 1.23 bits per heavy atom. The van der Waals surface area contributed by atoms with Gasteiger partial charge in [0, 0.05) is 18.2 Å². The van der Waals surface area contributed by atoms with Crippen molar-refractivity contribution in [1.29, 1.82) is 0 Å². The van der Waals surface area contributed by atoms with Crippen LogP contribution < -0.4 is 10.5 Å². The Balaban J connectivity index is 1.69. The number of halogens is 3. The molecule has 0 bridgehead atoms. The summed E-state index contributed by atoms with van der Waals surface area (Å²) in [5.41, 5.74) is 6.72. The van der Waals surface area contributed by atoms with Crippen molar-refractivity contribution in [3.8, 4) is 5.75 Å². The normalized spacial score (nSPS) is 19.3. The summed E-state index contributed by atoms with van der Waals surface area (Å²) in [6.07, 6.45) is 0.767. The van der Waals surface area contributed by atoms with E-state index in [0.717, 1.165) is 19.4 Å². The standard InChI is InChI=1S/C19H20Cl2FNO3/c20-15-6-3-11(8-16(15)21)18(23)19(24)14-5-4-12(9-17(14)22)26-10-13-2-1-7-25-13/h3-6,8-9,13,18-19,24H,1-2,7,10,23H2. The quantitative estimate of drug-likeness (QED) is 0.754. The summed E-state index contributed by atoms with van der Waals surface area (Å²) in [7, 11) is 0. The van der Waals surface area contributed by atoms with E-state index in [1.165, 1.54) is 12.1 Å². The fraction of sp³-hybridized carbons (Fsp3) is 0.368. The second-order valence-corrected chi connectivity index (χ2v) is 7.09. The number of aliphatic hydroxyl groups is 1. The van der Waals surface area contributed by atoms with Gasteiger partial charge in [0.15, 0.2) is 0 Å². The van der Waals surface area contributed by atoms with Crippen LogP contribution in [0.15, 0.2) is 36.4 Å². The van der Waals surface area contributed by atoms with Crippen LogP contribution in [0.2, 0.25) is 10.0 Å². The zero-order valence-corrected chi connectivity index (χ0v) is 15.5. The molecule has 1 fully saturated rings. The molecule has 3 atom stereocenters. The van der Waals surface area contributed by atoms with E-state index >= 15 is 0 Å². The zero-order chi connectivity index (χ0) is 18.7. The lowest BCUT2D eigenvalue weighted by molar-refractivity contribution is 0.0677. The van der Waals surface area contributed by atoms with Crippen LogP contribution in [0.1, 0.15) is 36.1 Å². The van der Waals surface area contributed by atoms with E-state index in [1.54, 1.807) is 24.3 Å². The molecule has 2 aromatic carbocycles. The molecule has 3 N–H and O–H groups in total. The first kappa shape index (κ1) is 19.4. The van der Waals surface area contributed by atoms with Gasteiger partial charge in [-0.25, -0.2) is 4.39 Å². The highest BCUT2D eigenvalue weighted by Gasteiger charge is 2.23. The van der Waals surface area contributed by atoms with Crippen molar-refractivity contribution < 1.29 is 19.0 Å². The van der Waals surface area contributed by atoms with E-state index in [-0.39, 0.29) is 11.7 Å². The largest absolute Gasteiger partial charge is 0.491 e. The second-order valence-electron chi connectivity index (χ2n) is 6.27. The van der Waals surface area contributed by atoms with E-state index in [0.29, 0.717) is 28.0 Å². The van der Waals surface area contributed by atoms with E-state index in [1.807, 2.05) is 0 Å². The highest BCUT2D eigenvalue weighted by atomic mass is 35.5. The predicted molar refractivity (Wildman–Crippen MR) is 99.2 cm³/mol. The Labute approximate surface area is 161 Å². The van der Waals surface area contributed by atoms with Crippen LogP contribution in [-0.2, 0) is 4.74 Å². The molecule has 7 heteroatoms. The molecule has 0 spiro atoms. The van der Waals surface area contributed by atoms with Crippen LogP contribution >= 0.6 is 23.2 Å². The third kappa shape index (κ3) is 4.48. The minimum absolute atomic E-state index is 0.0476. The van der Waals surface area contributed by atoms with E-state index in [4.69, 9.17) is 38.4 Å². The molecule has 0 aromatic heterocycles. The lowest BCUT2D eigenvalue weighted by Crippen LogP contribution is -2.21. The number of ether oxygens (including phenoxy) is 2. The molecular formula is C19H20Cl2FNO3. The number of rotatable bonds is 6. The summed E-state index contributed by atoms with van der Waals surface area (Å²) in [6, 6.07) is 8.28. The molecule has 3 unspecified atom stereocenters. The number of aliphatic hydroxyl groups excluding tert-OH is 1. The molecule has 0 amide bonds. The number of nitrogens with two attached hydrogens (primary N) is 1. The SMILES string of the molecule is NC(c1ccc(Cl)c(Cl)c1)C(O)c1ccc(OCC2CCCO2)cc1F. The van der Waals surface area contributed by atoms with Crippen molar-refractivity contribution in [3.63, 3.8) is 0 Å². The summed E-state index contributed by atoms with van der Waals surface area (Å²) in [4.78, 5) is 0. The van der Waals surface area contributed by atoms with Crippen molar-refractivity contribution >= 4 is 23.2 Å². The maximum Gasteiger partial charge on any atom is 0.132 e. The average Bonchev–Trinajstić information content (AvgIpc) is 3.15. The summed E-state index contributed by atoms with van der Waals surface area (Å²) >= 11 is 11.9. The van der Waals surface area contributed by atoms with E-state index in [2.05, 4.69) is 0 Å². The molecule has 0 radical (unpaired) electrons. The second kappa shape index (κ2) is 8.55. The van der Waals surface area contributed by atoms with Crippen LogP contribution in [0.3, 0.4) is 0 Å². The number of hydrogen-bond donors (Lipinski definition) is 2. The molecule has 1 aliphatic rings. The van der Waals surface area contributed by atoms with Crippen molar-refractivity contribution in [1.82, 2.24) is 0 Å². The van der Waals surface area contributed by atoms with Crippen LogP contribution in [0.4, 0.5) is 4.39 Å². The minimum atomic E-state index is -1.24. The number of benzene rings is 2. The van der Waals surface area contributed by atoms with Gasteiger partial charge in [-0.3, -0.25) is 0 Å². The number of hydrogen-bond acceptors (Lipinski definition) is 4. The lowest BCUT2D eigenvalue weighted by atomic mass is 9.96. The lowest BCUT2D eigenvalue weighted by Gasteiger charge is -2.21. The maximum absolute atomic E-state index is 14.4. The molecular weight excluding hydrogens is 380 g/mol. The first-order valence-corrected chi connectivity index (χ1v) is 9.13. The van der Waals surface area contributed by atoms with Gasteiger partial charge in [0.2, 0.25) is 0 Å². The third-order valence-electron chi connectivity index (χ3n) is 4.42. The van der Waals surface area contributed by atoms with Crippen LogP contribution in [0, 0.1) is 5.82 Å². The van der Waals surface area contributed by atoms with Gasteiger partial charge in [0.1, 0.15) is 24.3 Å². The summed E-state index contributed by atoms with van der Waals surface area (Å²) in [5.74, 6) is -0.199. The van der Waals surface area contributed by atoms with Gasteiger partial charge < -0.3 is 20.3 Å². The fourth-order valence-electron chi connectivity index (χ4n) is 2.90.